The monoisotopic (exact) mass is 384 g/mol. The van der Waals surface area contributed by atoms with E-state index >= 15 is 0 Å². The SMILES string of the molecule is CCCCCc1cc(O)cc(OP(=O)(O)OP(=O)(O)O)c1C(=O)O. The van der Waals surface area contributed by atoms with Gasteiger partial charge in [-0.25, -0.2) is 13.9 Å². The van der Waals surface area contributed by atoms with Crippen LogP contribution in [0.2, 0.25) is 0 Å². The number of hydrogen-bond donors (Lipinski definition) is 5. The first-order valence-electron chi connectivity index (χ1n) is 6.83. The zero-order valence-corrected chi connectivity index (χ0v) is 14.4. The summed E-state index contributed by atoms with van der Waals surface area (Å²) in [5.41, 5.74) is -0.338. The largest absolute Gasteiger partial charge is 0.536 e. The molecule has 1 unspecified atom stereocenters. The number of unbranched alkanes of at least 4 members (excludes halogenated alkanes) is 2. The van der Waals surface area contributed by atoms with Crippen LogP contribution >= 0.6 is 15.6 Å². The van der Waals surface area contributed by atoms with Gasteiger partial charge in [0, 0.05) is 6.07 Å². The highest BCUT2D eigenvalue weighted by Crippen LogP contribution is 2.57. The van der Waals surface area contributed by atoms with E-state index in [1.807, 2.05) is 6.92 Å². The predicted molar refractivity (Wildman–Crippen MR) is 81.9 cm³/mol. The Morgan fingerprint density at radius 1 is 1.17 bits per heavy atom. The molecule has 12 heteroatoms. The van der Waals surface area contributed by atoms with E-state index in [-0.39, 0.29) is 12.0 Å². The van der Waals surface area contributed by atoms with Gasteiger partial charge in [-0.05, 0) is 24.5 Å². The van der Waals surface area contributed by atoms with Gasteiger partial charge in [0.25, 0.3) is 0 Å². The fourth-order valence-corrected chi connectivity index (χ4v) is 3.61. The number of aromatic carboxylic acids is 1. The van der Waals surface area contributed by atoms with Crippen molar-refractivity contribution in [2.75, 3.05) is 0 Å². The minimum atomic E-state index is -5.36. The molecular weight excluding hydrogens is 366 g/mol. The second-order valence-corrected chi connectivity index (χ2v) is 7.63. The minimum absolute atomic E-state index is 0.155. The first-order valence-corrected chi connectivity index (χ1v) is 9.86. The summed E-state index contributed by atoms with van der Waals surface area (Å²) in [6.07, 6.45) is 2.53. The number of hydrogen-bond acceptors (Lipinski definition) is 6. The molecule has 0 aliphatic carbocycles. The van der Waals surface area contributed by atoms with Crippen molar-refractivity contribution in [2.45, 2.75) is 32.6 Å². The van der Waals surface area contributed by atoms with Crippen molar-refractivity contribution in [1.82, 2.24) is 0 Å². The Morgan fingerprint density at radius 2 is 1.79 bits per heavy atom. The van der Waals surface area contributed by atoms with Crippen molar-refractivity contribution in [3.05, 3.63) is 23.3 Å². The minimum Gasteiger partial charge on any atom is -0.508 e. The third-order valence-corrected chi connectivity index (χ3v) is 4.96. The lowest BCUT2D eigenvalue weighted by Gasteiger charge is -2.17. The number of aromatic hydroxyl groups is 1. The van der Waals surface area contributed by atoms with E-state index in [0.29, 0.717) is 6.42 Å². The molecule has 0 saturated heterocycles. The van der Waals surface area contributed by atoms with Gasteiger partial charge >= 0.3 is 21.6 Å². The molecule has 0 aliphatic heterocycles. The highest BCUT2D eigenvalue weighted by Gasteiger charge is 2.35. The Hall–Kier alpha value is -1.41. The van der Waals surface area contributed by atoms with Crippen molar-refractivity contribution in [3.63, 3.8) is 0 Å². The zero-order valence-electron chi connectivity index (χ0n) is 12.7. The van der Waals surface area contributed by atoms with Crippen LogP contribution in [0.3, 0.4) is 0 Å². The second kappa shape index (κ2) is 8.11. The fraction of sp³-hybridized carbons (Fsp3) is 0.417. The third-order valence-electron chi connectivity index (χ3n) is 2.86. The standard InChI is InChI=1S/C12H18O10P2/c1-2-3-4-5-8-6-9(13)7-10(11(8)12(14)15)21-24(19,20)22-23(16,17)18/h6-7,13H,2-5H2,1H3,(H,14,15)(H,19,20)(H2,16,17,18). The van der Waals surface area contributed by atoms with Crippen molar-refractivity contribution < 1.29 is 47.7 Å². The molecule has 0 bridgehead atoms. The molecule has 10 nitrogen and oxygen atoms in total. The van der Waals surface area contributed by atoms with Gasteiger partial charge in [-0.2, -0.15) is 4.31 Å². The smallest absolute Gasteiger partial charge is 0.508 e. The quantitative estimate of drug-likeness (QED) is 0.314. The summed E-state index contributed by atoms with van der Waals surface area (Å²) in [6, 6.07) is 1.93. The number of benzene rings is 1. The van der Waals surface area contributed by atoms with Gasteiger partial charge in [-0.15, -0.1) is 0 Å². The lowest BCUT2D eigenvalue weighted by Crippen LogP contribution is -2.07. The Kier molecular flexibility index (Phi) is 6.97. The Morgan fingerprint density at radius 3 is 2.29 bits per heavy atom. The maximum atomic E-state index is 11.6. The van der Waals surface area contributed by atoms with Gasteiger partial charge in [0.15, 0.2) is 0 Å². The number of carboxylic acids is 1. The Labute approximate surface area is 137 Å². The number of phosphoric acid groups is 2. The van der Waals surface area contributed by atoms with Gasteiger partial charge in [0.05, 0.1) is 0 Å². The van der Waals surface area contributed by atoms with Crippen LogP contribution in [0.1, 0.15) is 42.1 Å². The molecule has 5 N–H and O–H groups in total. The number of carboxylic acid groups (broad SMARTS) is 1. The van der Waals surface area contributed by atoms with Crippen molar-refractivity contribution >= 4 is 21.6 Å². The summed E-state index contributed by atoms with van der Waals surface area (Å²) in [4.78, 5) is 37.9. The number of phosphoric ester groups is 1. The molecular formula is C12H18O10P2. The van der Waals surface area contributed by atoms with E-state index in [4.69, 9.17) is 9.79 Å². The molecule has 0 amide bonds. The van der Waals surface area contributed by atoms with Crippen LogP contribution in [0.15, 0.2) is 12.1 Å². The maximum absolute atomic E-state index is 11.6. The third kappa shape index (κ3) is 6.60. The Balaban J connectivity index is 3.24. The first kappa shape index (κ1) is 20.6. The molecule has 0 saturated carbocycles. The summed E-state index contributed by atoms with van der Waals surface area (Å²) in [7, 11) is -10.7. The van der Waals surface area contributed by atoms with Crippen LogP contribution in [0.4, 0.5) is 0 Å². The molecule has 0 aliphatic rings. The van der Waals surface area contributed by atoms with Gasteiger partial charge < -0.3 is 24.5 Å². The number of phenols is 1. The van der Waals surface area contributed by atoms with E-state index < -0.39 is 38.7 Å². The zero-order chi connectivity index (χ0) is 18.5. The molecule has 1 rings (SSSR count). The van der Waals surface area contributed by atoms with Gasteiger partial charge in [-0.1, -0.05) is 19.8 Å². The second-order valence-electron chi connectivity index (χ2n) is 4.87. The van der Waals surface area contributed by atoms with Crippen molar-refractivity contribution in [3.8, 4) is 11.5 Å². The van der Waals surface area contributed by atoms with Gasteiger partial charge in [0.1, 0.15) is 17.1 Å². The first-order chi connectivity index (χ1) is 10.9. The van der Waals surface area contributed by atoms with Crippen molar-refractivity contribution in [1.29, 1.82) is 0 Å². The lowest BCUT2D eigenvalue weighted by molar-refractivity contribution is 0.0693. The Bertz CT molecular complexity index is 695. The summed E-state index contributed by atoms with van der Waals surface area (Å²) in [6.45, 7) is 1.94. The number of phenolic OH excluding ortho intramolecular Hbond substituents is 1. The molecule has 24 heavy (non-hydrogen) atoms. The van der Waals surface area contributed by atoms with E-state index in [9.17, 15) is 29.0 Å². The molecule has 1 aromatic rings. The number of rotatable bonds is 9. The van der Waals surface area contributed by atoms with Crippen molar-refractivity contribution in [2.24, 2.45) is 0 Å². The summed E-state index contributed by atoms with van der Waals surface area (Å²) in [5, 5.41) is 18.9. The van der Waals surface area contributed by atoms with E-state index in [0.717, 1.165) is 18.9 Å². The molecule has 0 aromatic heterocycles. The van der Waals surface area contributed by atoms with Crippen LogP contribution < -0.4 is 4.52 Å². The molecule has 1 aromatic carbocycles. The highest BCUT2D eigenvalue weighted by atomic mass is 31.3. The summed E-state index contributed by atoms with van der Waals surface area (Å²) >= 11 is 0. The average molecular weight is 384 g/mol. The molecule has 1 atom stereocenters. The van der Waals surface area contributed by atoms with Crippen LogP contribution in [-0.4, -0.2) is 30.9 Å². The lowest BCUT2D eigenvalue weighted by atomic mass is 10.00. The summed E-state index contributed by atoms with van der Waals surface area (Å²) in [5.74, 6) is -2.65. The van der Waals surface area contributed by atoms with Crippen LogP contribution in [0.5, 0.6) is 11.5 Å². The van der Waals surface area contributed by atoms with Crippen LogP contribution in [0.25, 0.3) is 0 Å². The van der Waals surface area contributed by atoms with E-state index in [1.54, 1.807) is 0 Å². The van der Waals surface area contributed by atoms with Crippen LogP contribution in [-0.2, 0) is 19.9 Å². The summed E-state index contributed by atoms with van der Waals surface area (Å²) < 4.78 is 30.3. The normalized spacial score (nSPS) is 14.2. The van der Waals surface area contributed by atoms with E-state index in [1.165, 1.54) is 6.07 Å². The van der Waals surface area contributed by atoms with Gasteiger partial charge in [-0.3, -0.25) is 4.89 Å². The molecule has 0 radical (unpaired) electrons. The van der Waals surface area contributed by atoms with Gasteiger partial charge in [0.2, 0.25) is 0 Å². The highest BCUT2D eigenvalue weighted by molar-refractivity contribution is 7.60. The molecule has 136 valence electrons. The van der Waals surface area contributed by atoms with Crippen LogP contribution in [0, 0.1) is 0 Å². The molecule has 0 heterocycles. The fourth-order valence-electron chi connectivity index (χ4n) is 2.01. The molecule has 0 fully saturated rings. The van der Waals surface area contributed by atoms with E-state index in [2.05, 4.69) is 8.83 Å². The topological polar surface area (TPSA) is 171 Å². The number of carbonyl (C=O) groups is 1. The average Bonchev–Trinajstić information content (AvgIpc) is 2.34. The number of aryl methyl sites for hydroxylation is 1. The molecule has 0 spiro atoms. The maximum Gasteiger partial charge on any atom is 0.536 e. The predicted octanol–water partition coefficient (Wildman–Crippen LogP) is 2.41.